The van der Waals surface area contributed by atoms with Crippen LogP contribution in [0.4, 0.5) is 10.5 Å². The van der Waals surface area contributed by atoms with Crippen LogP contribution < -0.4 is 10.2 Å². The van der Waals surface area contributed by atoms with Crippen LogP contribution in [-0.2, 0) is 11.4 Å². The van der Waals surface area contributed by atoms with E-state index in [1.54, 1.807) is 4.90 Å². The molecule has 1 N–H and O–H groups in total. The third-order valence-electron chi connectivity index (χ3n) is 6.53. The summed E-state index contributed by atoms with van der Waals surface area (Å²) in [7, 11) is 0. The van der Waals surface area contributed by atoms with Gasteiger partial charge in [0.15, 0.2) is 0 Å². The Bertz CT molecular complexity index is 706. The lowest BCUT2D eigenvalue weighted by molar-refractivity contribution is -0.134. The van der Waals surface area contributed by atoms with Gasteiger partial charge in [0.1, 0.15) is 0 Å². The van der Waals surface area contributed by atoms with Crippen molar-refractivity contribution in [1.29, 1.82) is 0 Å². The van der Waals surface area contributed by atoms with Crippen LogP contribution in [0.25, 0.3) is 0 Å². The number of hydrogen-bond acceptors (Lipinski definition) is 6. The zero-order chi connectivity index (χ0) is 20.9. The molecule has 3 heterocycles. The lowest BCUT2D eigenvalue weighted by Crippen LogP contribution is -2.51. The summed E-state index contributed by atoms with van der Waals surface area (Å²) in [5.41, 5.74) is 4.27. The first-order valence-electron chi connectivity index (χ1n) is 11.6. The third-order valence-corrected chi connectivity index (χ3v) is 6.53. The highest BCUT2D eigenvalue weighted by Gasteiger charge is 2.25. The summed E-state index contributed by atoms with van der Waals surface area (Å²) in [6.07, 6.45) is 2.41. The Balaban J connectivity index is 1.30. The van der Waals surface area contributed by atoms with E-state index in [1.807, 2.05) is 5.06 Å². The molecule has 0 spiro atoms. The fourth-order valence-electron chi connectivity index (χ4n) is 4.67. The van der Waals surface area contributed by atoms with Gasteiger partial charge in [0.25, 0.3) is 0 Å². The Hall–Kier alpha value is -1.83. The Labute approximate surface area is 180 Å². The number of carbonyl (C=O) groups is 1. The van der Waals surface area contributed by atoms with Gasteiger partial charge in [0, 0.05) is 77.7 Å². The molecule has 4 rings (SSSR count). The topological polar surface area (TPSA) is 51.3 Å². The van der Waals surface area contributed by atoms with Crippen molar-refractivity contribution >= 4 is 11.8 Å². The average Bonchev–Trinajstić information content (AvgIpc) is 3.31. The lowest BCUT2D eigenvalue weighted by atomic mass is 9.95. The van der Waals surface area contributed by atoms with Gasteiger partial charge in [-0.25, -0.2) is 4.79 Å². The maximum atomic E-state index is 12.3. The predicted octanol–water partition coefficient (Wildman–Crippen LogP) is 2.48. The number of nitrogens with one attached hydrogen (secondary N) is 1. The average molecular weight is 416 g/mol. The molecule has 3 saturated heterocycles. The highest BCUT2D eigenvalue weighted by Crippen LogP contribution is 2.28. The Morgan fingerprint density at radius 2 is 1.70 bits per heavy atom. The predicted molar refractivity (Wildman–Crippen MR) is 120 cm³/mol. The van der Waals surface area contributed by atoms with Crippen LogP contribution in [0.3, 0.4) is 0 Å². The van der Waals surface area contributed by atoms with Crippen molar-refractivity contribution < 1.29 is 9.63 Å². The third kappa shape index (κ3) is 5.25. The summed E-state index contributed by atoms with van der Waals surface area (Å²) in [4.78, 5) is 24.7. The van der Waals surface area contributed by atoms with Crippen LogP contribution in [-0.4, -0.2) is 86.4 Å². The van der Waals surface area contributed by atoms with Crippen molar-refractivity contribution in [2.45, 2.75) is 39.2 Å². The van der Waals surface area contributed by atoms with Gasteiger partial charge in [-0.3, -0.25) is 4.90 Å². The SMILES string of the molecule is CC(C)c1cc(N2CCCC2)ccc1CN1CCN(OC(=O)N2CCNCC2)CC1. The molecule has 3 aliphatic rings. The molecule has 30 heavy (non-hydrogen) atoms. The normalized spacial score (nSPS) is 21.4. The van der Waals surface area contributed by atoms with Crippen LogP contribution in [0.5, 0.6) is 0 Å². The largest absolute Gasteiger partial charge is 0.429 e. The molecule has 7 nitrogen and oxygen atoms in total. The van der Waals surface area contributed by atoms with E-state index in [2.05, 4.69) is 47.2 Å². The highest BCUT2D eigenvalue weighted by molar-refractivity contribution is 5.67. The molecule has 0 radical (unpaired) electrons. The van der Waals surface area contributed by atoms with E-state index in [-0.39, 0.29) is 6.09 Å². The fourth-order valence-corrected chi connectivity index (χ4v) is 4.67. The molecular weight excluding hydrogens is 378 g/mol. The number of anilines is 1. The van der Waals surface area contributed by atoms with Gasteiger partial charge in [-0.1, -0.05) is 19.9 Å². The second kappa shape index (κ2) is 9.98. The van der Waals surface area contributed by atoms with E-state index in [4.69, 9.17) is 4.84 Å². The standard InChI is InChI=1S/C23H37N5O2/c1-19(2)22-17-21(26-9-3-4-10-26)6-5-20(22)18-25-13-15-28(16-14-25)30-23(29)27-11-7-24-8-12-27/h5-6,17,19,24H,3-4,7-16,18H2,1-2H3. The smallest absolute Gasteiger partial charge is 0.372 e. The minimum absolute atomic E-state index is 0.204. The van der Waals surface area contributed by atoms with Crippen LogP contribution in [0, 0.1) is 0 Å². The number of hydroxylamine groups is 2. The molecule has 7 heteroatoms. The van der Waals surface area contributed by atoms with E-state index < -0.39 is 0 Å². The molecule has 166 valence electrons. The van der Waals surface area contributed by atoms with E-state index in [1.165, 1.54) is 42.7 Å². The molecule has 0 aromatic heterocycles. The first-order valence-corrected chi connectivity index (χ1v) is 11.6. The van der Waals surface area contributed by atoms with Gasteiger partial charge >= 0.3 is 6.09 Å². The minimum atomic E-state index is -0.204. The number of piperazine rings is 2. The fraction of sp³-hybridized carbons (Fsp3) is 0.696. The molecule has 0 unspecified atom stereocenters. The second-order valence-electron chi connectivity index (χ2n) is 9.03. The molecule has 1 aromatic carbocycles. The van der Waals surface area contributed by atoms with Crippen molar-refractivity contribution in [1.82, 2.24) is 20.2 Å². The maximum Gasteiger partial charge on any atom is 0.429 e. The Kier molecular flexibility index (Phi) is 7.12. The zero-order valence-corrected chi connectivity index (χ0v) is 18.6. The van der Waals surface area contributed by atoms with Gasteiger partial charge in [0.05, 0.1) is 0 Å². The molecular formula is C23H37N5O2. The molecule has 1 aromatic rings. The highest BCUT2D eigenvalue weighted by atomic mass is 16.7. The first-order chi connectivity index (χ1) is 14.6. The zero-order valence-electron chi connectivity index (χ0n) is 18.6. The van der Waals surface area contributed by atoms with Crippen molar-refractivity contribution in [2.24, 2.45) is 0 Å². The van der Waals surface area contributed by atoms with Crippen LogP contribution >= 0.6 is 0 Å². The van der Waals surface area contributed by atoms with Gasteiger partial charge in [-0.05, 0) is 42.0 Å². The van der Waals surface area contributed by atoms with Gasteiger partial charge in [-0.15, -0.1) is 5.06 Å². The summed E-state index contributed by atoms with van der Waals surface area (Å²) >= 11 is 0. The summed E-state index contributed by atoms with van der Waals surface area (Å²) in [5.74, 6) is 0.517. The second-order valence-corrected chi connectivity index (χ2v) is 9.03. The van der Waals surface area contributed by atoms with Crippen molar-refractivity contribution in [3.05, 3.63) is 29.3 Å². The molecule has 3 fully saturated rings. The van der Waals surface area contributed by atoms with E-state index in [9.17, 15) is 4.79 Å². The number of nitrogens with zero attached hydrogens (tertiary/aromatic N) is 4. The molecule has 0 bridgehead atoms. The summed E-state index contributed by atoms with van der Waals surface area (Å²) in [6.45, 7) is 14.4. The van der Waals surface area contributed by atoms with Crippen molar-refractivity contribution in [3.8, 4) is 0 Å². The van der Waals surface area contributed by atoms with Gasteiger partial charge < -0.3 is 20.0 Å². The van der Waals surface area contributed by atoms with Gasteiger partial charge in [-0.2, -0.15) is 0 Å². The Morgan fingerprint density at radius 1 is 1.00 bits per heavy atom. The molecule has 3 aliphatic heterocycles. The summed E-state index contributed by atoms with van der Waals surface area (Å²) in [5, 5.41) is 5.10. The number of hydrogen-bond donors (Lipinski definition) is 1. The van der Waals surface area contributed by atoms with Crippen LogP contribution in [0.15, 0.2) is 18.2 Å². The van der Waals surface area contributed by atoms with Crippen LogP contribution in [0.2, 0.25) is 0 Å². The summed E-state index contributed by atoms with van der Waals surface area (Å²) in [6, 6.07) is 7.05. The quantitative estimate of drug-likeness (QED) is 0.798. The van der Waals surface area contributed by atoms with E-state index >= 15 is 0 Å². The van der Waals surface area contributed by atoms with E-state index in [0.29, 0.717) is 5.92 Å². The summed E-state index contributed by atoms with van der Waals surface area (Å²) < 4.78 is 0. The number of rotatable bonds is 5. The van der Waals surface area contributed by atoms with E-state index in [0.717, 1.165) is 58.9 Å². The molecule has 0 atom stereocenters. The molecule has 1 amide bonds. The molecule has 0 aliphatic carbocycles. The van der Waals surface area contributed by atoms with Crippen LogP contribution in [0.1, 0.15) is 43.7 Å². The monoisotopic (exact) mass is 415 g/mol. The lowest BCUT2D eigenvalue weighted by Gasteiger charge is -2.35. The maximum absolute atomic E-state index is 12.3. The Morgan fingerprint density at radius 3 is 2.37 bits per heavy atom. The minimum Gasteiger partial charge on any atom is -0.372 e. The van der Waals surface area contributed by atoms with Crippen molar-refractivity contribution in [3.63, 3.8) is 0 Å². The number of carbonyl (C=O) groups excluding carboxylic acids is 1. The first kappa shape index (κ1) is 21.4. The number of amides is 1. The molecule has 0 saturated carbocycles. The number of benzene rings is 1. The van der Waals surface area contributed by atoms with Gasteiger partial charge in [0.2, 0.25) is 0 Å². The van der Waals surface area contributed by atoms with Crippen molar-refractivity contribution in [2.75, 3.05) is 70.3 Å².